The van der Waals surface area contributed by atoms with E-state index in [0.717, 1.165) is 46.2 Å². The summed E-state index contributed by atoms with van der Waals surface area (Å²) in [4.78, 5) is 24.7. The van der Waals surface area contributed by atoms with Crippen molar-refractivity contribution in [2.45, 2.75) is 39.5 Å². The minimum Gasteiger partial charge on any atom is -0.478 e. The van der Waals surface area contributed by atoms with Crippen molar-refractivity contribution in [1.29, 1.82) is 0 Å². The molecule has 4 aromatic carbocycles. The molecule has 0 aliphatic rings. The van der Waals surface area contributed by atoms with Gasteiger partial charge < -0.3 is 10.2 Å². The van der Waals surface area contributed by atoms with E-state index in [1.54, 1.807) is 24.3 Å². The Balaban J connectivity index is 2.28. The van der Waals surface area contributed by atoms with Gasteiger partial charge in [-0.25, -0.2) is 9.59 Å². The third-order valence-electron chi connectivity index (χ3n) is 6.48. The third-order valence-corrected chi connectivity index (χ3v) is 6.48. The van der Waals surface area contributed by atoms with E-state index in [4.69, 9.17) is 0 Å². The van der Waals surface area contributed by atoms with E-state index in [0.29, 0.717) is 11.1 Å². The molecule has 0 radical (unpaired) electrons. The highest BCUT2D eigenvalue weighted by Crippen LogP contribution is 2.47. The first-order valence-corrected chi connectivity index (χ1v) is 12.3. The van der Waals surface area contributed by atoms with Gasteiger partial charge in [0, 0.05) is 0 Å². The highest BCUT2D eigenvalue weighted by Gasteiger charge is 2.27. The molecular weight excluding hydrogens is 448 g/mol. The average molecular weight is 479 g/mol. The van der Waals surface area contributed by atoms with Crippen molar-refractivity contribution < 1.29 is 19.8 Å². The second-order valence-electron chi connectivity index (χ2n) is 9.22. The smallest absolute Gasteiger partial charge is 0.336 e. The number of hydrogen-bond acceptors (Lipinski definition) is 2. The van der Waals surface area contributed by atoms with Gasteiger partial charge in [-0.3, -0.25) is 0 Å². The zero-order valence-corrected chi connectivity index (χ0v) is 20.8. The number of aryl methyl sites for hydroxylation is 1. The van der Waals surface area contributed by atoms with E-state index in [1.165, 1.54) is 0 Å². The number of aromatic carboxylic acids is 2. The molecule has 2 N–H and O–H groups in total. The molecule has 0 amide bonds. The Hall–Kier alpha value is -4.18. The van der Waals surface area contributed by atoms with Crippen LogP contribution in [0, 0.1) is 0 Å². The predicted molar refractivity (Wildman–Crippen MR) is 145 cm³/mol. The summed E-state index contributed by atoms with van der Waals surface area (Å²) in [7, 11) is 0. The van der Waals surface area contributed by atoms with E-state index < -0.39 is 11.9 Å². The second kappa shape index (κ2) is 10.6. The van der Waals surface area contributed by atoms with Gasteiger partial charge in [0.25, 0.3) is 0 Å². The molecule has 4 rings (SSSR count). The Kier molecular flexibility index (Phi) is 7.35. The zero-order chi connectivity index (χ0) is 25.8. The van der Waals surface area contributed by atoms with E-state index >= 15 is 0 Å². The maximum Gasteiger partial charge on any atom is 0.336 e. The average Bonchev–Trinajstić information content (AvgIpc) is 2.88. The Labute approximate surface area is 211 Å². The third kappa shape index (κ3) is 4.67. The van der Waals surface area contributed by atoms with Crippen LogP contribution >= 0.6 is 0 Å². The summed E-state index contributed by atoms with van der Waals surface area (Å²) in [6.45, 7) is 6.29. The van der Waals surface area contributed by atoms with Crippen molar-refractivity contribution in [1.82, 2.24) is 0 Å². The van der Waals surface area contributed by atoms with Gasteiger partial charge in [0.1, 0.15) is 0 Å². The lowest BCUT2D eigenvalue weighted by molar-refractivity contribution is 0.0686. The highest BCUT2D eigenvalue weighted by molar-refractivity contribution is 6.05. The van der Waals surface area contributed by atoms with Crippen LogP contribution < -0.4 is 0 Å². The first-order valence-electron chi connectivity index (χ1n) is 12.3. The second-order valence-corrected chi connectivity index (χ2v) is 9.22. The number of carbonyl (C=O) groups is 2. The van der Waals surface area contributed by atoms with Crippen LogP contribution in [-0.4, -0.2) is 22.2 Å². The quantitative estimate of drug-likeness (QED) is 0.268. The molecule has 0 fully saturated rings. The topological polar surface area (TPSA) is 74.6 Å². The number of benzene rings is 4. The van der Waals surface area contributed by atoms with Crippen LogP contribution in [0.2, 0.25) is 0 Å². The van der Waals surface area contributed by atoms with Crippen molar-refractivity contribution in [3.05, 3.63) is 107 Å². The summed E-state index contributed by atoms with van der Waals surface area (Å²) in [5, 5.41) is 20.2. The van der Waals surface area contributed by atoms with Gasteiger partial charge in [-0.2, -0.15) is 0 Å². The van der Waals surface area contributed by atoms with Crippen LogP contribution in [-0.2, 0) is 6.42 Å². The van der Waals surface area contributed by atoms with Crippen molar-refractivity contribution in [3.63, 3.8) is 0 Å². The van der Waals surface area contributed by atoms with Gasteiger partial charge in [0.15, 0.2) is 0 Å². The van der Waals surface area contributed by atoms with Crippen LogP contribution in [0.5, 0.6) is 0 Å². The first kappa shape index (κ1) is 24.9. The molecule has 0 unspecified atom stereocenters. The van der Waals surface area contributed by atoms with Crippen molar-refractivity contribution in [2.75, 3.05) is 0 Å². The van der Waals surface area contributed by atoms with E-state index in [-0.39, 0.29) is 17.0 Å². The van der Waals surface area contributed by atoms with Gasteiger partial charge >= 0.3 is 11.9 Å². The molecule has 4 nitrogen and oxygen atoms in total. The van der Waals surface area contributed by atoms with Crippen LogP contribution in [0.1, 0.15) is 65.0 Å². The molecule has 0 saturated heterocycles. The molecule has 0 aromatic heterocycles. The van der Waals surface area contributed by atoms with Crippen molar-refractivity contribution in [3.8, 4) is 33.4 Å². The fourth-order valence-corrected chi connectivity index (χ4v) is 5.04. The van der Waals surface area contributed by atoms with Crippen LogP contribution in [0.25, 0.3) is 33.4 Å². The lowest BCUT2D eigenvalue weighted by Gasteiger charge is -2.27. The minimum absolute atomic E-state index is 0.0449. The molecule has 36 heavy (non-hydrogen) atoms. The molecular formula is C32H30O4. The molecule has 0 aliphatic heterocycles. The Morgan fingerprint density at radius 2 is 1.19 bits per heavy atom. The SMILES string of the molecule is CCCc1cc(-c2ccccc2)c(C(C)C)c(-c2ccccc2C(=O)O)c1-c1ccccc1C(=O)O. The van der Waals surface area contributed by atoms with E-state index in [2.05, 4.69) is 39.0 Å². The fourth-order valence-electron chi connectivity index (χ4n) is 5.04. The maximum atomic E-state index is 12.4. The van der Waals surface area contributed by atoms with E-state index in [1.807, 2.05) is 42.5 Å². The lowest BCUT2D eigenvalue weighted by Crippen LogP contribution is -2.09. The summed E-state index contributed by atoms with van der Waals surface area (Å²) >= 11 is 0. The Bertz CT molecular complexity index is 1420. The largest absolute Gasteiger partial charge is 0.478 e. The summed E-state index contributed by atoms with van der Waals surface area (Å²) in [5.41, 5.74) is 7.28. The summed E-state index contributed by atoms with van der Waals surface area (Å²) in [6.07, 6.45) is 1.58. The normalized spacial score (nSPS) is 11.0. The predicted octanol–water partition coefficient (Wildman–Crippen LogP) is 8.16. The van der Waals surface area contributed by atoms with Gasteiger partial charge in [-0.05, 0) is 69.0 Å². The zero-order valence-electron chi connectivity index (χ0n) is 20.8. The van der Waals surface area contributed by atoms with Gasteiger partial charge in [0.2, 0.25) is 0 Å². The fraction of sp³-hybridized carbons (Fsp3) is 0.188. The number of carboxylic acids is 2. The minimum atomic E-state index is -1.01. The first-order chi connectivity index (χ1) is 17.3. The summed E-state index contributed by atoms with van der Waals surface area (Å²) in [6, 6.07) is 26.3. The number of hydrogen-bond donors (Lipinski definition) is 2. The lowest BCUT2D eigenvalue weighted by atomic mass is 9.77. The molecule has 0 atom stereocenters. The Morgan fingerprint density at radius 1 is 0.694 bits per heavy atom. The van der Waals surface area contributed by atoms with Crippen LogP contribution in [0.15, 0.2) is 84.9 Å². The van der Waals surface area contributed by atoms with Gasteiger partial charge in [-0.1, -0.05) is 100.0 Å². The number of carboxylic acid groups (broad SMARTS) is 2. The van der Waals surface area contributed by atoms with Crippen molar-refractivity contribution >= 4 is 11.9 Å². The van der Waals surface area contributed by atoms with Crippen LogP contribution in [0.3, 0.4) is 0 Å². The Morgan fingerprint density at radius 3 is 1.69 bits per heavy atom. The molecule has 182 valence electrons. The molecule has 4 aromatic rings. The monoisotopic (exact) mass is 478 g/mol. The molecule has 0 saturated carbocycles. The molecule has 0 heterocycles. The van der Waals surface area contributed by atoms with Crippen molar-refractivity contribution in [2.24, 2.45) is 0 Å². The van der Waals surface area contributed by atoms with Crippen LogP contribution in [0.4, 0.5) is 0 Å². The maximum absolute atomic E-state index is 12.4. The molecule has 4 heteroatoms. The molecule has 0 bridgehead atoms. The number of rotatable bonds is 8. The summed E-state index contributed by atoms with van der Waals surface area (Å²) in [5.74, 6) is -1.98. The van der Waals surface area contributed by atoms with Gasteiger partial charge in [-0.15, -0.1) is 0 Å². The standard InChI is InChI=1S/C32H30O4/c1-4-12-22-19-27(21-13-6-5-7-14-21)28(20(2)3)30(24-16-9-11-18-26(24)32(35)36)29(22)23-15-8-10-17-25(23)31(33)34/h5-11,13-20H,4,12H2,1-3H3,(H,33,34)(H,35,36). The van der Waals surface area contributed by atoms with Gasteiger partial charge in [0.05, 0.1) is 11.1 Å². The molecule has 0 spiro atoms. The highest BCUT2D eigenvalue weighted by atomic mass is 16.4. The van der Waals surface area contributed by atoms with E-state index in [9.17, 15) is 19.8 Å². The molecule has 0 aliphatic carbocycles. The summed E-state index contributed by atoms with van der Waals surface area (Å²) < 4.78 is 0.